The topological polar surface area (TPSA) is 115 Å². The molecule has 9 nitrogen and oxygen atoms in total. The van der Waals surface area contributed by atoms with Gasteiger partial charge in [-0.3, -0.25) is 4.79 Å². The van der Waals surface area contributed by atoms with Crippen LogP contribution in [0.3, 0.4) is 0 Å². The Hall–Kier alpha value is -4.70. The molecule has 0 aliphatic rings. The molecule has 0 saturated carbocycles. The fourth-order valence-corrected chi connectivity index (χ4v) is 6.49. The Morgan fingerprint density at radius 3 is 2.30 bits per heavy atom. The summed E-state index contributed by atoms with van der Waals surface area (Å²) >= 11 is 0. The molecule has 0 radical (unpaired) electrons. The first kappa shape index (κ1) is 26.9. The summed E-state index contributed by atoms with van der Waals surface area (Å²) in [5.74, 6) is -0.277. The maximum atomic E-state index is 13.3. The van der Waals surface area contributed by atoms with Gasteiger partial charge in [-0.1, -0.05) is 61.5 Å². The van der Waals surface area contributed by atoms with Gasteiger partial charge < -0.3 is 4.74 Å². The van der Waals surface area contributed by atoms with Crippen molar-refractivity contribution in [3.05, 3.63) is 99.8 Å². The minimum absolute atomic E-state index is 0.244. The van der Waals surface area contributed by atoms with Crippen LogP contribution in [0.2, 0.25) is 0 Å². The third-order valence-corrected chi connectivity index (χ3v) is 8.39. The van der Waals surface area contributed by atoms with E-state index >= 15 is 0 Å². The molecule has 5 aromatic rings. The smallest absolute Gasteiger partial charge is 0.360 e. The Balaban J connectivity index is 1.69. The highest BCUT2D eigenvalue weighted by Crippen LogP contribution is 2.32. The Bertz CT molecular complexity index is 1700. The molecule has 202 valence electrons. The minimum atomic E-state index is -0.586. The lowest BCUT2D eigenvalue weighted by atomic mass is 9.99. The number of benzene rings is 3. The highest BCUT2D eigenvalue weighted by atomic mass is 32.2. The monoisotopic (exact) mass is 553 g/mol. The summed E-state index contributed by atoms with van der Waals surface area (Å²) < 4.78 is 7.29. The Labute approximate surface area is 234 Å². The number of nitrogens with one attached hydrogen (secondary N) is 1. The number of H-pyrrole nitrogens is 1. The van der Waals surface area contributed by atoms with Crippen molar-refractivity contribution in [2.45, 2.75) is 26.7 Å². The van der Waals surface area contributed by atoms with Gasteiger partial charge in [0.1, 0.15) is 6.26 Å². The van der Waals surface area contributed by atoms with Crippen molar-refractivity contribution in [1.29, 1.82) is 0 Å². The number of hydrogen-bond acceptors (Lipinski definition) is 6. The van der Waals surface area contributed by atoms with Crippen molar-refractivity contribution in [2.24, 2.45) is 11.2 Å². The molecule has 1 amide bonds. The van der Waals surface area contributed by atoms with Gasteiger partial charge in [-0.25, -0.2) is 9.36 Å². The molecule has 5 rings (SSSR count). The summed E-state index contributed by atoms with van der Waals surface area (Å²) in [5, 5.41) is 14.5. The molecule has 0 spiro atoms. The van der Waals surface area contributed by atoms with Crippen LogP contribution < -0.4 is 4.80 Å². The summed E-state index contributed by atoms with van der Waals surface area (Å²) in [4.78, 5) is 32.6. The summed E-state index contributed by atoms with van der Waals surface area (Å²) in [6.45, 7) is 4.10. The SMILES string of the molecule is CCCc1c(C(=O)OCC)n(-c2ccc(-c3ccccc3-c3nn[nH]n3)cc2)c(=NC(=O)c2ccccc2)[s+]1C. The van der Waals surface area contributed by atoms with Crippen LogP contribution in [-0.2, 0) is 17.4 Å². The highest BCUT2D eigenvalue weighted by molar-refractivity contribution is 7.27. The number of nitrogens with zero attached hydrogens (tertiary/aromatic N) is 5. The Morgan fingerprint density at radius 2 is 1.65 bits per heavy atom. The number of carbonyl (C=O) groups is 2. The van der Waals surface area contributed by atoms with Crippen molar-refractivity contribution in [1.82, 2.24) is 25.2 Å². The van der Waals surface area contributed by atoms with Gasteiger partial charge in [0.15, 0.2) is 10.6 Å². The molecule has 0 aliphatic heterocycles. The molecule has 40 heavy (non-hydrogen) atoms. The minimum Gasteiger partial charge on any atom is -0.461 e. The summed E-state index contributed by atoms with van der Waals surface area (Å²) in [5.41, 5.74) is 4.36. The zero-order valence-electron chi connectivity index (χ0n) is 22.5. The molecule has 0 fully saturated rings. The molecule has 1 unspecified atom stereocenters. The van der Waals surface area contributed by atoms with Crippen LogP contribution in [0.5, 0.6) is 0 Å². The van der Waals surface area contributed by atoms with Gasteiger partial charge in [0.05, 0.1) is 12.3 Å². The van der Waals surface area contributed by atoms with Gasteiger partial charge in [-0.05, 0) is 54.0 Å². The molecule has 0 saturated heterocycles. The van der Waals surface area contributed by atoms with Crippen LogP contribution in [0.4, 0.5) is 0 Å². The van der Waals surface area contributed by atoms with Crippen molar-refractivity contribution in [2.75, 3.05) is 6.61 Å². The number of esters is 1. The van der Waals surface area contributed by atoms with E-state index in [4.69, 9.17) is 4.74 Å². The van der Waals surface area contributed by atoms with E-state index in [1.165, 1.54) is 0 Å². The fourth-order valence-electron chi connectivity index (χ4n) is 4.60. The first-order chi connectivity index (χ1) is 19.5. The average Bonchev–Trinajstić information content (AvgIpc) is 3.62. The molecule has 1 atom stereocenters. The van der Waals surface area contributed by atoms with Crippen LogP contribution in [0.15, 0.2) is 83.9 Å². The first-order valence-corrected chi connectivity index (χ1v) is 14.6. The normalized spacial score (nSPS) is 12.0. The molecule has 0 aliphatic carbocycles. The molecule has 2 heterocycles. The van der Waals surface area contributed by atoms with Crippen molar-refractivity contribution in [3.8, 4) is 28.2 Å². The average molecular weight is 554 g/mol. The van der Waals surface area contributed by atoms with Crippen LogP contribution in [0, 0.1) is 0 Å². The quantitative estimate of drug-likeness (QED) is 0.201. The lowest BCUT2D eigenvalue weighted by Gasteiger charge is -2.10. The van der Waals surface area contributed by atoms with Gasteiger partial charge in [0.2, 0.25) is 5.82 Å². The van der Waals surface area contributed by atoms with E-state index in [9.17, 15) is 9.59 Å². The molecule has 10 heteroatoms. The van der Waals surface area contributed by atoms with Crippen molar-refractivity contribution in [3.63, 3.8) is 0 Å². The molecule has 3 aromatic carbocycles. The highest BCUT2D eigenvalue weighted by Gasteiger charge is 2.32. The zero-order chi connectivity index (χ0) is 28.1. The van der Waals surface area contributed by atoms with Crippen molar-refractivity contribution >= 4 is 22.3 Å². The van der Waals surface area contributed by atoms with E-state index in [-0.39, 0.29) is 12.5 Å². The molecule has 0 bridgehead atoms. The van der Waals surface area contributed by atoms with Gasteiger partial charge in [0.25, 0.3) is 5.91 Å². The summed E-state index contributed by atoms with van der Waals surface area (Å²) in [6.07, 6.45) is 3.55. The second kappa shape index (κ2) is 12.0. The largest absolute Gasteiger partial charge is 0.461 e. The van der Waals surface area contributed by atoms with Gasteiger partial charge in [-0.2, -0.15) is 5.21 Å². The Kier molecular flexibility index (Phi) is 8.07. The summed E-state index contributed by atoms with van der Waals surface area (Å²) in [6, 6.07) is 24.6. The third-order valence-electron chi connectivity index (χ3n) is 6.44. The van der Waals surface area contributed by atoms with E-state index in [0.717, 1.165) is 28.0 Å². The fraction of sp³-hybridized carbons (Fsp3) is 0.200. The first-order valence-electron chi connectivity index (χ1n) is 13.0. The van der Waals surface area contributed by atoms with Gasteiger partial charge >= 0.3 is 10.8 Å². The third kappa shape index (κ3) is 5.26. The number of thiazole rings is 1. The second-order valence-electron chi connectivity index (χ2n) is 8.98. The predicted molar refractivity (Wildman–Crippen MR) is 154 cm³/mol. The second-order valence-corrected chi connectivity index (χ2v) is 10.9. The lowest BCUT2D eigenvalue weighted by Crippen LogP contribution is -2.22. The number of ether oxygens (including phenoxy) is 1. The zero-order valence-corrected chi connectivity index (χ0v) is 23.3. The van der Waals surface area contributed by atoms with E-state index in [1.54, 1.807) is 23.6 Å². The van der Waals surface area contributed by atoms with E-state index in [0.29, 0.717) is 34.0 Å². The van der Waals surface area contributed by atoms with E-state index in [2.05, 4.69) is 32.5 Å². The number of rotatable bonds is 8. The van der Waals surface area contributed by atoms with Gasteiger partial charge in [0, 0.05) is 28.0 Å². The number of hydrogen-bond donors (Lipinski definition) is 1. The lowest BCUT2D eigenvalue weighted by molar-refractivity contribution is 0.0515. The van der Waals surface area contributed by atoms with E-state index in [1.807, 2.05) is 73.0 Å². The molecule has 1 N–H and O–H groups in total. The van der Waals surface area contributed by atoms with Crippen LogP contribution in [0.1, 0.15) is 46.0 Å². The van der Waals surface area contributed by atoms with Crippen LogP contribution in [0.25, 0.3) is 28.2 Å². The molecular formula is C30H29N6O3S+. The standard InChI is InChI=1S/C30H29N6O3S/c1-4-11-25-26(29(38)39-5-2)36(30(40(25)3)31-28(37)21-12-7-6-8-13-21)22-18-16-20(17-19-22)23-14-9-10-15-24(23)27-32-34-35-33-27/h6-10,12-19H,4-5,11H2,1-3H3,(H,32,33,34,35)/q+1. The maximum Gasteiger partial charge on any atom is 0.360 e. The number of aromatic amines is 1. The molecular weight excluding hydrogens is 524 g/mol. The maximum absolute atomic E-state index is 13.3. The van der Waals surface area contributed by atoms with Crippen LogP contribution >= 0.6 is 10.5 Å². The molecule has 2 aromatic heterocycles. The van der Waals surface area contributed by atoms with Crippen LogP contribution in [-0.4, -0.2) is 43.7 Å². The number of carbonyl (C=O) groups excluding carboxylic acids is 2. The van der Waals surface area contributed by atoms with Gasteiger partial charge in [-0.15, -0.1) is 15.2 Å². The number of tetrazole rings is 1. The predicted octanol–water partition coefficient (Wildman–Crippen LogP) is 5.48. The Morgan fingerprint density at radius 1 is 0.950 bits per heavy atom. The summed E-state index contributed by atoms with van der Waals surface area (Å²) in [7, 11) is -0.586. The van der Waals surface area contributed by atoms with Crippen molar-refractivity contribution < 1.29 is 14.3 Å². The van der Waals surface area contributed by atoms with E-state index < -0.39 is 16.4 Å². The number of aromatic nitrogens is 5. The number of amides is 1.